The van der Waals surface area contributed by atoms with Crippen molar-refractivity contribution in [1.82, 2.24) is 0 Å². The molecule has 0 radical (unpaired) electrons. The number of hydrogen-bond acceptors (Lipinski definition) is 3. The quantitative estimate of drug-likeness (QED) is 0.491. The highest BCUT2D eigenvalue weighted by Gasteiger charge is 2.18. The van der Waals surface area contributed by atoms with Gasteiger partial charge in [-0.3, -0.25) is 0 Å². The number of ether oxygens (including phenoxy) is 2. The molecule has 0 saturated heterocycles. The second-order valence-corrected chi connectivity index (χ2v) is 6.42. The molecule has 0 unspecified atom stereocenters. The van der Waals surface area contributed by atoms with Gasteiger partial charge in [0.05, 0.1) is 5.57 Å². The van der Waals surface area contributed by atoms with E-state index in [-0.39, 0.29) is 24.5 Å². The van der Waals surface area contributed by atoms with Gasteiger partial charge in [0.15, 0.2) is 17.3 Å². The average molecular weight is 410 g/mol. The maximum atomic E-state index is 14.8. The number of hydrogen-bond donors (Lipinski definition) is 1. The van der Waals surface area contributed by atoms with Gasteiger partial charge in [-0.05, 0) is 35.7 Å². The first-order valence-corrected chi connectivity index (χ1v) is 9.26. The van der Waals surface area contributed by atoms with Crippen molar-refractivity contribution in [3.05, 3.63) is 101 Å². The van der Waals surface area contributed by atoms with Crippen molar-refractivity contribution < 1.29 is 28.2 Å². The topological polar surface area (TPSA) is 55.8 Å². The van der Waals surface area contributed by atoms with Crippen molar-refractivity contribution in [3.8, 4) is 11.5 Å². The number of carboxylic acids is 1. The lowest BCUT2D eigenvalue weighted by molar-refractivity contribution is -0.130. The Morgan fingerprint density at radius 2 is 1.63 bits per heavy atom. The van der Waals surface area contributed by atoms with E-state index >= 15 is 0 Å². The summed E-state index contributed by atoms with van der Waals surface area (Å²) >= 11 is 0. The molecular weight excluding hydrogens is 390 g/mol. The number of carbonyl (C=O) groups is 1. The molecule has 0 heterocycles. The highest BCUT2D eigenvalue weighted by atomic mass is 19.1. The molecule has 4 nitrogen and oxygen atoms in total. The van der Waals surface area contributed by atoms with E-state index in [1.54, 1.807) is 55.5 Å². The minimum absolute atomic E-state index is 0.00420. The van der Waals surface area contributed by atoms with Crippen LogP contribution in [0.3, 0.4) is 0 Å². The molecule has 0 atom stereocenters. The molecule has 0 aromatic heterocycles. The van der Waals surface area contributed by atoms with Gasteiger partial charge in [-0.2, -0.15) is 4.39 Å². The molecule has 6 heteroatoms. The summed E-state index contributed by atoms with van der Waals surface area (Å²) in [5.74, 6) is -3.57. The van der Waals surface area contributed by atoms with E-state index in [9.17, 15) is 18.7 Å². The minimum atomic E-state index is -1.07. The van der Waals surface area contributed by atoms with Crippen LogP contribution in [-0.4, -0.2) is 11.1 Å². The Bertz CT molecular complexity index is 1060. The standard InChI is InChI=1S/C24H20F2O4/c1-2-18(24(27)28)19-11-7-6-10-17(19)15-29-21-13-12-20(25)23(22(21)26)30-14-16-8-4-3-5-9-16/h2-13H,14-15H2,1H3,(H,27,28). The molecule has 3 aromatic carbocycles. The van der Waals surface area contributed by atoms with Crippen LogP contribution >= 0.6 is 0 Å². The number of aliphatic carboxylic acids is 1. The lowest BCUT2D eigenvalue weighted by atomic mass is 10.00. The van der Waals surface area contributed by atoms with E-state index in [1.165, 1.54) is 12.1 Å². The number of benzene rings is 3. The molecular formula is C24H20F2O4. The SMILES string of the molecule is CC=C(C(=O)O)c1ccccc1COc1ccc(F)c(OCc2ccccc2)c1F. The van der Waals surface area contributed by atoms with Crippen molar-refractivity contribution >= 4 is 11.5 Å². The summed E-state index contributed by atoms with van der Waals surface area (Å²) in [4.78, 5) is 11.5. The molecule has 3 aromatic rings. The zero-order valence-corrected chi connectivity index (χ0v) is 16.3. The van der Waals surface area contributed by atoms with E-state index in [0.29, 0.717) is 11.1 Å². The molecule has 0 aliphatic heterocycles. The zero-order valence-electron chi connectivity index (χ0n) is 16.3. The van der Waals surface area contributed by atoms with Gasteiger partial charge in [-0.1, -0.05) is 60.7 Å². The fourth-order valence-corrected chi connectivity index (χ4v) is 2.95. The van der Waals surface area contributed by atoms with E-state index in [0.717, 1.165) is 11.6 Å². The maximum absolute atomic E-state index is 14.8. The first-order chi connectivity index (χ1) is 14.5. The van der Waals surface area contributed by atoms with Crippen LogP contribution in [0.2, 0.25) is 0 Å². The highest BCUT2D eigenvalue weighted by Crippen LogP contribution is 2.31. The first-order valence-electron chi connectivity index (χ1n) is 9.26. The Balaban J connectivity index is 1.79. The number of rotatable bonds is 8. The van der Waals surface area contributed by atoms with E-state index < -0.39 is 23.4 Å². The highest BCUT2D eigenvalue weighted by molar-refractivity contribution is 6.15. The second kappa shape index (κ2) is 9.69. The molecule has 1 N–H and O–H groups in total. The van der Waals surface area contributed by atoms with Crippen LogP contribution in [0.25, 0.3) is 5.57 Å². The molecule has 0 saturated carbocycles. The smallest absolute Gasteiger partial charge is 0.335 e. The van der Waals surface area contributed by atoms with Gasteiger partial charge in [0.1, 0.15) is 13.2 Å². The van der Waals surface area contributed by atoms with E-state index in [4.69, 9.17) is 9.47 Å². The van der Waals surface area contributed by atoms with Crippen LogP contribution in [0.4, 0.5) is 8.78 Å². The van der Waals surface area contributed by atoms with Gasteiger partial charge >= 0.3 is 5.97 Å². The van der Waals surface area contributed by atoms with Crippen LogP contribution < -0.4 is 9.47 Å². The lowest BCUT2D eigenvalue weighted by Crippen LogP contribution is -2.07. The minimum Gasteiger partial charge on any atom is -0.486 e. The number of halogens is 2. The molecule has 30 heavy (non-hydrogen) atoms. The van der Waals surface area contributed by atoms with Gasteiger partial charge in [0.25, 0.3) is 0 Å². The van der Waals surface area contributed by atoms with Gasteiger partial charge in [-0.15, -0.1) is 0 Å². The summed E-state index contributed by atoms with van der Waals surface area (Å²) in [5, 5.41) is 9.37. The number of carboxylic acid groups (broad SMARTS) is 1. The Morgan fingerprint density at radius 3 is 2.33 bits per heavy atom. The third kappa shape index (κ3) is 4.84. The van der Waals surface area contributed by atoms with Gasteiger partial charge in [0, 0.05) is 0 Å². The predicted molar refractivity (Wildman–Crippen MR) is 109 cm³/mol. The second-order valence-electron chi connectivity index (χ2n) is 6.42. The monoisotopic (exact) mass is 410 g/mol. The summed E-state index contributed by atoms with van der Waals surface area (Å²) in [6.45, 7) is 1.53. The lowest BCUT2D eigenvalue weighted by Gasteiger charge is -2.14. The normalized spacial score (nSPS) is 11.2. The molecule has 0 aliphatic carbocycles. The van der Waals surface area contributed by atoms with Gasteiger partial charge in [-0.25, -0.2) is 9.18 Å². The van der Waals surface area contributed by atoms with Crippen molar-refractivity contribution in [2.75, 3.05) is 0 Å². The fourth-order valence-electron chi connectivity index (χ4n) is 2.95. The maximum Gasteiger partial charge on any atom is 0.335 e. The predicted octanol–water partition coefficient (Wildman–Crippen LogP) is 5.61. The van der Waals surface area contributed by atoms with Crippen LogP contribution in [-0.2, 0) is 18.0 Å². The molecule has 0 bridgehead atoms. The molecule has 0 amide bonds. The van der Waals surface area contributed by atoms with Crippen LogP contribution in [0.5, 0.6) is 11.5 Å². The third-order valence-corrected chi connectivity index (χ3v) is 4.45. The summed E-state index contributed by atoms with van der Waals surface area (Å²) in [6.07, 6.45) is 1.48. The van der Waals surface area contributed by atoms with Gasteiger partial charge in [0.2, 0.25) is 5.82 Å². The molecule has 154 valence electrons. The fraction of sp³-hybridized carbons (Fsp3) is 0.125. The van der Waals surface area contributed by atoms with Crippen molar-refractivity contribution in [1.29, 1.82) is 0 Å². The van der Waals surface area contributed by atoms with Crippen LogP contribution in [0, 0.1) is 11.6 Å². The Labute approximate surface area is 173 Å². The van der Waals surface area contributed by atoms with Gasteiger partial charge < -0.3 is 14.6 Å². The Hall–Kier alpha value is -3.67. The Kier molecular flexibility index (Phi) is 6.80. The van der Waals surface area contributed by atoms with Crippen LogP contribution in [0.15, 0.2) is 72.8 Å². The third-order valence-electron chi connectivity index (χ3n) is 4.45. The summed E-state index contributed by atoms with van der Waals surface area (Å²) in [7, 11) is 0. The summed E-state index contributed by atoms with van der Waals surface area (Å²) in [5.41, 5.74) is 1.91. The largest absolute Gasteiger partial charge is 0.486 e. The van der Waals surface area contributed by atoms with E-state index in [2.05, 4.69) is 0 Å². The first kappa shape index (κ1) is 21.0. The molecule has 0 aliphatic rings. The molecule has 3 rings (SSSR count). The van der Waals surface area contributed by atoms with Crippen molar-refractivity contribution in [2.45, 2.75) is 20.1 Å². The molecule has 0 spiro atoms. The summed E-state index contributed by atoms with van der Waals surface area (Å²) in [6, 6.07) is 18.0. The van der Waals surface area contributed by atoms with Crippen molar-refractivity contribution in [2.24, 2.45) is 0 Å². The zero-order chi connectivity index (χ0) is 21.5. The van der Waals surface area contributed by atoms with Crippen molar-refractivity contribution in [3.63, 3.8) is 0 Å². The Morgan fingerprint density at radius 1 is 0.933 bits per heavy atom. The average Bonchev–Trinajstić information content (AvgIpc) is 2.75. The number of allylic oxidation sites excluding steroid dienone is 1. The molecule has 0 fully saturated rings. The van der Waals surface area contributed by atoms with E-state index in [1.807, 2.05) is 6.07 Å². The van der Waals surface area contributed by atoms with Crippen LogP contribution in [0.1, 0.15) is 23.6 Å². The summed E-state index contributed by atoms with van der Waals surface area (Å²) < 4.78 is 39.8.